The van der Waals surface area contributed by atoms with Gasteiger partial charge < -0.3 is 0 Å². The fourth-order valence-corrected chi connectivity index (χ4v) is 2.90. The third kappa shape index (κ3) is 2.60. The van der Waals surface area contributed by atoms with Crippen LogP contribution in [-0.2, 0) is 10.0 Å². The van der Waals surface area contributed by atoms with E-state index in [1.807, 2.05) is 0 Å². The van der Waals surface area contributed by atoms with Crippen molar-refractivity contribution in [3.63, 3.8) is 0 Å². The van der Waals surface area contributed by atoms with E-state index in [-0.39, 0.29) is 9.92 Å². The number of halogens is 1. The first-order valence-corrected chi connectivity index (χ1v) is 6.91. The molecular weight excluding hydrogens is 274 g/mol. The van der Waals surface area contributed by atoms with Crippen molar-refractivity contribution in [2.24, 2.45) is 0 Å². The molecule has 2 rings (SSSR count). The maximum absolute atomic E-state index is 12.1. The monoisotopic (exact) mass is 283 g/mol. The Bertz CT molecular complexity index is 673. The molecule has 0 radical (unpaired) electrons. The normalized spacial score (nSPS) is 11.2. The SMILES string of the molecule is Cc1ncccc1NS(=O)(=O)c1cnccc1Cl. The Balaban J connectivity index is 2.40. The predicted octanol–water partition coefficient (Wildman–Crippen LogP) is 2.24. The number of rotatable bonds is 3. The Morgan fingerprint density at radius 1 is 1.28 bits per heavy atom. The van der Waals surface area contributed by atoms with Crippen LogP contribution < -0.4 is 4.72 Å². The summed E-state index contributed by atoms with van der Waals surface area (Å²) in [4.78, 5) is 7.70. The topological polar surface area (TPSA) is 72.0 Å². The molecule has 0 saturated heterocycles. The molecule has 0 saturated carbocycles. The van der Waals surface area contributed by atoms with E-state index in [9.17, 15) is 8.42 Å². The average molecular weight is 284 g/mol. The summed E-state index contributed by atoms with van der Waals surface area (Å²) in [6, 6.07) is 4.70. The molecule has 0 bridgehead atoms. The minimum absolute atomic E-state index is 0.0603. The first kappa shape index (κ1) is 12.8. The lowest BCUT2D eigenvalue weighted by Gasteiger charge is -2.10. The molecule has 2 heterocycles. The number of nitrogens with zero attached hydrogens (tertiary/aromatic N) is 2. The van der Waals surface area contributed by atoms with Gasteiger partial charge in [-0.15, -0.1) is 0 Å². The minimum atomic E-state index is -3.75. The summed E-state index contributed by atoms with van der Waals surface area (Å²) >= 11 is 5.84. The Morgan fingerprint density at radius 3 is 2.72 bits per heavy atom. The molecule has 0 aliphatic rings. The zero-order valence-electron chi connectivity index (χ0n) is 9.46. The zero-order chi connectivity index (χ0) is 13.2. The molecule has 0 aliphatic carbocycles. The third-order valence-electron chi connectivity index (χ3n) is 2.27. The van der Waals surface area contributed by atoms with Gasteiger partial charge in [-0.3, -0.25) is 14.7 Å². The molecule has 94 valence electrons. The van der Waals surface area contributed by atoms with Crippen molar-refractivity contribution in [3.05, 3.63) is 47.5 Å². The van der Waals surface area contributed by atoms with Crippen LogP contribution in [0.1, 0.15) is 5.69 Å². The quantitative estimate of drug-likeness (QED) is 0.938. The summed E-state index contributed by atoms with van der Waals surface area (Å²) in [5.41, 5.74) is 0.999. The van der Waals surface area contributed by atoms with Crippen LogP contribution >= 0.6 is 11.6 Å². The third-order valence-corrected chi connectivity index (χ3v) is 4.11. The van der Waals surface area contributed by atoms with Gasteiger partial charge in [-0.25, -0.2) is 8.42 Å². The molecular formula is C11H10ClN3O2S. The highest BCUT2D eigenvalue weighted by atomic mass is 35.5. The van der Waals surface area contributed by atoms with Gasteiger partial charge in [0.2, 0.25) is 0 Å². The second-order valence-corrected chi connectivity index (χ2v) is 5.61. The number of anilines is 1. The maximum Gasteiger partial charge on any atom is 0.264 e. The number of nitrogens with one attached hydrogen (secondary N) is 1. The van der Waals surface area contributed by atoms with Gasteiger partial charge in [0.25, 0.3) is 10.0 Å². The Morgan fingerprint density at radius 2 is 2.06 bits per heavy atom. The highest BCUT2D eigenvalue weighted by molar-refractivity contribution is 7.92. The molecule has 0 atom stereocenters. The van der Waals surface area contributed by atoms with Crippen molar-refractivity contribution in [1.82, 2.24) is 9.97 Å². The highest BCUT2D eigenvalue weighted by Gasteiger charge is 2.18. The summed E-state index contributed by atoms with van der Waals surface area (Å²) in [6.07, 6.45) is 4.22. The van der Waals surface area contributed by atoms with Crippen LogP contribution in [0.2, 0.25) is 5.02 Å². The van der Waals surface area contributed by atoms with E-state index in [0.717, 1.165) is 0 Å². The zero-order valence-corrected chi connectivity index (χ0v) is 11.0. The number of aromatic nitrogens is 2. The molecule has 7 heteroatoms. The van der Waals surface area contributed by atoms with Gasteiger partial charge in [-0.1, -0.05) is 11.6 Å². The van der Waals surface area contributed by atoms with Gasteiger partial charge in [-0.05, 0) is 25.1 Å². The molecule has 0 amide bonds. The lowest BCUT2D eigenvalue weighted by atomic mass is 10.3. The molecule has 18 heavy (non-hydrogen) atoms. The van der Waals surface area contributed by atoms with Crippen molar-refractivity contribution in [1.29, 1.82) is 0 Å². The van der Waals surface area contributed by atoms with Crippen molar-refractivity contribution >= 4 is 27.3 Å². The number of hydrogen-bond acceptors (Lipinski definition) is 4. The largest absolute Gasteiger partial charge is 0.278 e. The van der Waals surface area contributed by atoms with Gasteiger partial charge in [0, 0.05) is 18.6 Å². The van der Waals surface area contributed by atoms with E-state index in [1.165, 1.54) is 18.5 Å². The highest BCUT2D eigenvalue weighted by Crippen LogP contribution is 2.23. The summed E-state index contributed by atoms with van der Waals surface area (Å²) < 4.78 is 26.7. The fourth-order valence-electron chi connectivity index (χ4n) is 1.35. The molecule has 2 aromatic rings. The summed E-state index contributed by atoms with van der Waals surface area (Å²) in [5.74, 6) is 0. The maximum atomic E-state index is 12.1. The Hall–Kier alpha value is -1.66. The Labute approximate surface area is 110 Å². The number of sulfonamides is 1. The molecule has 0 aliphatic heterocycles. The molecule has 0 spiro atoms. The van der Waals surface area contributed by atoms with E-state index >= 15 is 0 Å². The molecule has 2 aromatic heterocycles. The van der Waals surface area contributed by atoms with E-state index in [4.69, 9.17) is 11.6 Å². The van der Waals surface area contributed by atoms with Gasteiger partial charge in [0.1, 0.15) is 4.90 Å². The van der Waals surface area contributed by atoms with E-state index in [2.05, 4.69) is 14.7 Å². The van der Waals surface area contributed by atoms with E-state index in [0.29, 0.717) is 11.4 Å². The van der Waals surface area contributed by atoms with Crippen molar-refractivity contribution in [2.45, 2.75) is 11.8 Å². The molecule has 0 fully saturated rings. The lowest BCUT2D eigenvalue weighted by Crippen LogP contribution is -2.14. The molecule has 5 nitrogen and oxygen atoms in total. The first-order chi connectivity index (χ1) is 8.50. The second-order valence-electron chi connectivity index (χ2n) is 3.55. The first-order valence-electron chi connectivity index (χ1n) is 5.04. The van der Waals surface area contributed by atoms with Crippen LogP contribution in [0.3, 0.4) is 0 Å². The summed E-state index contributed by atoms with van der Waals surface area (Å²) in [7, 11) is -3.75. The number of hydrogen-bond donors (Lipinski definition) is 1. The van der Waals surface area contributed by atoms with Gasteiger partial charge >= 0.3 is 0 Å². The summed E-state index contributed by atoms with van der Waals surface area (Å²) in [5, 5.41) is 0.124. The van der Waals surface area contributed by atoms with Crippen molar-refractivity contribution in [2.75, 3.05) is 4.72 Å². The summed E-state index contributed by atoms with van der Waals surface area (Å²) in [6.45, 7) is 1.71. The van der Waals surface area contributed by atoms with Gasteiger partial charge in [-0.2, -0.15) is 0 Å². The van der Waals surface area contributed by atoms with Crippen LogP contribution in [0.4, 0.5) is 5.69 Å². The minimum Gasteiger partial charge on any atom is -0.278 e. The predicted molar refractivity (Wildman–Crippen MR) is 69.0 cm³/mol. The molecule has 0 aromatic carbocycles. The smallest absolute Gasteiger partial charge is 0.264 e. The van der Waals surface area contributed by atoms with Crippen LogP contribution in [-0.4, -0.2) is 18.4 Å². The number of aryl methyl sites for hydroxylation is 1. The van der Waals surface area contributed by atoms with Crippen LogP contribution in [0.15, 0.2) is 41.7 Å². The fraction of sp³-hybridized carbons (Fsp3) is 0.0909. The van der Waals surface area contributed by atoms with Crippen molar-refractivity contribution < 1.29 is 8.42 Å². The van der Waals surface area contributed by atoms with Crippen LogP contribution in [0, 0.1) is 6.92 Å². The van der Waals surface area contributed by atoms with Crippen LogP contribution in [0.5, 0.6) is 0 Å². The number of pyridine rings is 2. The van der Waals surface area contributed by atoms with Gasteiger partial charge in [0.15, 0.2) is 0 Å². The van der Waals surface area contributed by atoms with Crippen LogP contribution in [0.25, 0.3) is 0 Å². The van der Waals surface area contributed by atoms with E-state index < -0.39 is 10.0 Å². The standard InChI is InChI=1S/C11H10ClN3O2S/c1-8-10(3-2-5-14-8)15-18(16,17)11-7-13-6-4-9(11)12/h2-7,15H,1H3. The molecule has 0 unspecified atom stereocenters. The molecule has 1 N–H and O–H groups in total. The Kier molecular flexibility index (Phi) is 3.49. The average Bonchev–Trinajstić information content (AvgIpc) is 2.32. The lowest BCUT2D eigenvalue weighted by molar-refractivity contribution is 0.601. The second kappa shape index (κ2) is 4.91. The van der Waals surface area contributed by atoms with Crippen molar-refractivity contribution in [3.8, 4) is 0 Å². The van der Waals surface area contributed by atoms with E-state index in [1.54, 1.807) is 25.3 Å². The van der Waals surface area contributed by atoms with Gasteiger partial charge in [0.05, 0.1) is 16.4 Å².